The first kappa shape index (κ1) is 8.38. The van der Waals surface area contributed by atoms with E-state index in [4.69, 9.17) is 0 Å². The predicted molar refractivity (Wildman–Crippen MR) is 55.2 cm³/mol. The molecule has 3 heteroatoms. The van der Waals surface area contributed by atoms with Gasteiger partial charge in [-0.05, 0) is 22.0 Å². The van der Waals surface area contributed by atoms with E-state index in [0.717, 1.165) is 16.0 Å². The van der Waals surface area contributed by atoms with Gasteiger partial charge in [-0.2, -0.15) is 0 Å². The number of aromatic nitrogens is 2. The molecule has 1 heterocycles. The molecule has 1 aromatic heterocycles. The van der Waals surface area contributed by atoms with Crippen molar-refractivity contribution in [3.63, 3.8) is 0 Å². The first-order valence-electron chi connectivity index (χ1n) is 3.90. The fourth-order valence-corrected chi connectivity index (χ4v) is 1.35. The third-order valence-electron chi connectivity index (χ3n) is 1.65. The lowest BCUT2D eigenvalue weighted by atomic mass is 10.2. The summed E-state index contributed by atoms with van der Waals surface area (Å²) in [5.41, 5.74) is 1.03. The van der Waals surface area contributed by atoms with E-state index in [9.17, 15) is 0 Å². The molecule has 0 spiro atoms. The van der Waals surface area contributed by atoms with E-state index in [-0.39, 0.29) is 0 Å². The lowest BCUT2D eigenvalue weighted by Crippen LogP contribution is -1.87. The number of nitrogens with zero attached hydrogens (tertiary/aromatic N) is 2. The maximum absolute atomic E-state index is 4.25. The SMILES string of the molecule is Brc1ccnc(-c2ccccc2)n1. The van der Waals surface area contributed by atoms with Gasteiger partial charge in [-0.1, -0.05) is 30.3 Å². The average molecular weight is 235 g/mol. The van der Waals surface area contributed by atoms with Crippen LogP contribution in [-0.2, 0) is 0 Å². The number of hydrogen-bond acceptors (Lipinski definition) is 2. The molecule has 0 saturated heterocycles. The van der Waals surface area contributed by atoms with Gasteiger partial charge in [0, 0.05) is 11.8 Å². The van der Waals surface area contributed by atoms with Crippen molar-refractivity contribution in [3.8, 4) is 11.4 Å². The topological polar surface area (TPSA) is 25.8 Å². The summed E-state index contributed by atoms with van der Waals surface area (Å²) < 4.78 is 0.807. The molecule has 0 atom stereocenters. The van der Waals surface area contributed by atoms with Crippen molar-refractivity contribution < 1.29 is 0 Å². The largest absolute Gasteiger partial charge is 0.237 e. The normalized spacial score (nSPS) is 9.92. The second kappa shape index (κ2) is 3.66. The summed E-state index contributed by atoms with van der Waals surface area (Å²) in [4.78, 5) is 8.42. The van der Waals surface area contributed by atoms with Gasteiger partial charge in [-0.25, -0.2) is 9.97 Å². The van der Waals surface area contributed by atoms with E-state index >= 15 is 0 Å². The smallest absolute Gasteiger partial charge is 0.160 e. The Labute approximate surface area is 84.8 Å². The second-order valence-electron chi connectivity index (χ2n) is 2.57. The molecule has 0 fully saturated rings. The van der Waals surface area contributed by atoms with Gasteiger partial charge in [-0.3, -0.25) is 0 Å². The monoisotopic (exact) mass is 234 g/mol. The zero-order valence-electron chi connectivity index (χ0n) is 6.81. The van der Waals surface area contributed by atoms with Crippen LogP contribution < -0.4 is 0 Å². The molecule has 1 aromatic carbocycles. The Balaban J connectivity index is 2.48. The second-order valence-corrected chi connectivity index (χ2v) is 3.38. The van der Waals surface area contributed by atoms with Gasteiger partial charge in [0.15, 0.2) is 5.82 Å². The summed E-state index contributed by atoms with van der Waals surface area (Å²) in [7, 11) is 0. The van der Waals surface area contributed by atoms with Gasteiger partial charge in [0.1, 0.15) is 4.60 Å². The van der Waals surface area contributed by atoms with Crippen LogP contribution in [0.25, 0.3) is 11.4 Å². The maximum Gasteiger partial charge on any atom is 0.160 e. The number of benzene rings is 1. The lowest BCUT2D eigenvalue weighted by molar-refractivity contribution is 1.15. The Morgan fingerprint density at radius 1 is 1.00 bits per heavy atom. The highest BCUT2D eigenvalue weighted by Crippen LogP contribution is 2.15. The maximum atomic E-state index is 4.25. The van der Waals surface area contributed by atoms with Gasteiger partial charge < -0.3 is 0 Å². The van der Waals surface area contributed by atoms with E-state index in [0.29, 0.717) is 0 Å². The van der Waals surface area contributed by atoms with Crippen molar-refractivity contribution in [2.45, 2.75) is 0 Å². The van der Waals surface area contributed by atoms with Crippen molar-refractivity contribution in [3.05, 3.63) is 47.2 Å². The van der Waals surface area contributed by atoms with Crippen LogP contribution in [0.4, 0.5) is 0 Å². The lowest BCUT2D eigenvalue weighted by Gasteiger charge is -1.98. The zero-order valence-corrected chi connectivity index (χ0v) is 8.40. The summed E-state index contributed by atoms with van der Waals surface area (Å²) in [5, 5.41) is 0. The molecule has 0 aliphatic rings. The molecule has 13 heavy (non-hydrogen) atoms. The summed E-state index contributed by atoms with van der Waals surface area (Å²) in [6.07, 6.45) is 1.74. The van der Waals surface area contributed by atoms with Crippen molar-refractivity contribution in [1.82, 2.24) is 9.97 Å². The number of halogens is 1. The Bertz CT molecular complexity index is 401. The van der Waals surface area contributed by atoms with E-state index in [1.807, 2.05) is 36.4 Å². The third kappa shape index (κ3) is 1.92. The molecule has 64 valence electrons. The van der Waals surface area contributed by atoms with Gasteiger partial charge in [0.2, 0.25) is 0 Å². The Hall–Kier alpha value is -1.22. The molecular formula is C10H7BrN2. The summed E-state index contributed by atoms with van der Waals surface area (Å²) in [5.74, 6) is 0.745. The van der Waals surface area contributed by atoms with Crippen LogP contribution in [0.1, 0.15) is 0 Å². The fraction of sp³-hybridized carbons (Fsp3) is 0. The van der Waals surface area contributed by atoms with Crippen LogP contribution in [-0.4, -0.2) is 9.97 Å². The molecule has 0 radical (unpaired) electrons. The molecule has 0 aliphatic carbocycles. The van der Waals surface area contributed by atoms with Crippen LogP contribution in [0.3, 0.4) is 0 Å². The van der Waals surface area contributed by atoms with E-state index < -0.39 is 0 Å². The standard InChI is InChI=1S/C10H7BrN2/c11-9-6-7-12-10(13-9)8-4-2-1-3-5-8/h1-7H. The number of hydrogen-bond donors (Lipinski definition) is 0. The van der Waals surface area contributed by atoms with Crippen LogP contribution in [0, 0.1) is 0 Å². The van der Waals surface area contributed by atoms with Crippen molar-refractivity contribution in [1.29, 1.82) is 0 Å². The van der Waals surface area contributed by atoms with Crippen LogP contribution >= 0.6 is 15.9 Å². The van der Waals surface area contributed by atoms with Crippen molar-refractivity contribution in [2.75, 3.05) is 0 Å². The molecule has 2 aromatic rings. The van der Waals surface area contributed by atoms with Crippen molar-refractivity contribution in [2.24, 2.45) is 0 Å². The molecule has 0 saturated carbocycles. The highest BCUT2D eigenvalue weighted by molar-refractivity contribution is 9.10. The molecule has 0 bridgehead atoms. The summed E-state index contributed by atoms with van der Waals surface area (Å²) in [6.45, 7) is 0. The van der Waals surface area contributed by atoms with E-state index in [1.54, 1.807) is 6.20 Å². The summed E-state index contributed by atoms with van der Waals surface area (Å²) >= 11 is 3.31. The number of rotatable bonds is 1. The van der Waals surface area contributed by atoms with E-state index in [1.165, 1.54) is 0 Å². The quantitative estimate of drug-likeness (QED) is 0.710. The van der Waals surface area contributed by atoms with Gasteiger partial charge in [-0.15, -0.1) is 0 Å². The van der Waals surface area contributed by atoms with Gasteiger partial charge in [0.25, 0.3) is 0 Å². The fourth-order valence-electron chi connectivity index (χ4n) is 1.06. The van der Waals surface area contributed by atoms with Crippen molar-refractivity contribution >= 4 is 15.9 Å². The predicted octanol–water partition coefficient (Wildman–Crippen LogP) is 2.91. The van der Waals surface area contributed by atoms with E-state index in [2.05, 4.69) is 25.9 Å². The molecule has 0 aliphatic heterocycles. The zero-order chi connectivity index (χ0) is 9.10. The van der Waals surface area contributed by atoms with Crippen LogP contribution in [0.15, 0.2) is 47.2 Å². The minimum absolute atomic E-state index is 0.745. The van der Waals surface area contributed by atoms with Gasteiger partial charge in [0.05, 0.1) is 0 Å². The molecule has 2 nitrogen and oxygen atoms in total. The highest BCUT2D eigenvalue weighted by atomic mass is 79.9. The molecule has 0 amide bonds. The Morgan fingerprint density at radius 3 is 2.46 bits per heavy atom. The Kier molecular flexibility index (Phi) is 2.36. The van der Waals surface area contributed by atoms with Gasteiger partial charge >= 0.3 is 0 Å². The van der Waals surface area contributed by atoms with Crippen LogP contribution in [0.5, 0.6) is 0 Å². The first-order chi connectivity index (χ1) is 6.36. The minimum atomic E-state index is 0.745. The third-order valence-corrected chi connectivity index (χ3v) is 2.10. The minimum Gasteiger partial charge on any atom is -0.237 e. The molecule has 0 N–H and O–H groups in total. The average Bonchev–Trinajstić information content (AvgIpc) is 2.19. The molecular weight excluding hydrogens is 228 g/mol. The summed E-state index contributed by atoms with van der Waals surface area (Å²) in [6, 6.07) is 11.7. The molecule has 0 unspecified atom stereocenters. The van der Waals surface area contributed by atoms with Crippen LogP contribution in [0.2, 0.25) is 0 Å². The first-order valence-corrected chi connectivity index (χ1v) is 4.69. The molecule has 2 rings (SSSR count). The Morgan fingerprint density at radius 2 is 1.77 bits per heavy atom. The highest BCUT2D eigenvalue weighted by Gasteiger charge is 1.98.